The van der Waals surface area contributed by atoms with Gasteiger partial charge in [-0.3, -0.25) is 4.31 Å². The number of anilines is 1. The van der Waals surface area contributed by atoms with Crippen LogP contribution in [0.4, 0.5) is 5.69 Å². The van der Waals surface area contributed by atoms with Crippen molar-refractivity contribution in [3.8, 4) is 0 Å². The Labute approximate surface area is 109 Å². The van der Waals surface area contributed by atoms with Crippen LogP contribution in [0.25, 0.3) is 0 Å². The minimum absolute atomic E-state index is 0.223. The van der Waals surface area contributed by atoms with Gasteiger partial charge in [-0.15, -0.1) is 0 Å². The molecule has 0 atom stereocenters. The monoisotopic (exact) mass is 323 g/mol. The number of hydrogen-bond acceptors (Lipinski definition) is 2. The first-order chi connectivity index (χ1) is 7.50. The van der Waals surface area contributed by atoms with Crippen molar-refractivity contribution >= 4 is 43.2 Å². The molecule has 1 aromatic carbocycles. The molecular weight excluding hydrogens is 314 g/mol. The Morgan fingerprint density at radius 3 is 2.69 bits per heavy atom. The van der Waals surface area contributed by atoms with Crippen LogP contribution in [-0.4, -0.2) is 20.7 Å². The highest BCUT2D eigenvalue weighted by molar-refractivity contribution is 9.10. The summed E-state index contributed by atoms with van der Waals surface area (Å²) in [4.78, 5) is 0. The fraction of sp³-hybridized carbons (Fsp3) is 0.400. The third kappa shape index (κ3) is 2.36. The van der Waals surface area contributed by atoms with Crippen molar-refractivity contribution in [2.24, 2.45) is 0 Å². The minimum atomic E-state index is -3.15. The van der Waals surface area contributed by atoms with Crippen molar-refractivity contribution in [3.63, 3.8) is 0 Å². The minimum Gasteiger partial charge on any atom is -0.270 e. The predicted octanol–water partition coefficient (Wildman–Crippen LogP) is 3.03. The molecule has 0 spiro atoms. The van der Waals surface area contributed by atoms with E-state index in [0.717, 1.165) is 17.3 Å². The van der Waals surface area contributed by atoms with E-state index in [4.69, 9.17) is 11.6 Å². The molecule has 0 N–H and O–H groups in total. The lowest BCUT2D eigenvalue weighted by atomic mass is 10.3. The first-order valence-electron chi connectivity index (χ1n) is 4.96. The van der Waals surface area contributed by atoms with Gasteiger partial charge in [-0.1, -0.05) is 11.6 Å². The van der Waals surface area contributed by atoms with Gasteiger partial charge >= 0.3 is 0 Å². The standard InChI is InChI=1S/C10H11BrClNO2S/c11-9-4-3-8(7-10(9)12)13-5-1-2-6-16(13,14)15/h3-4,7H,1-2,5-6H2. The Hall–Kier alpha value is -0.260. The Morgan fingerprint density at radius 2 is 2.06 bits per heavy atom. The molecule has 1 saturated heterocycles. The molecule has 88 valence electrons. The fourth-order valence-corrected chi connectivity index (χ4v) is 3.77. The lowest BCUT2D eigenvalue weighted by Gasteiger charge is -2.28. The molecule has 1 fully saturated rings. The molecule has 0 saturated carbocycles. The second kappa shape index (κ2) is 4.55. The van der Waals surface area contributed by atoms with Crippen LogP contribution in [0.1, 0.15) is 12.8 Å². The number of sulfonamides is 1. The van der Waals surface area contributed by atoms with Gasteiger partial charge in [0, 0.05) is 11.0 Å². The molecule has 1 aliphatic rings. The highest BCUT2D eigenvalue weighted by Crippen LogP contribution is 2.30. The zero-order chi connectivity index (χ0) is 11.8. The van der Waals surface area contributed by atoms with Crippen LogP contribution in [0.5, 0.6) is 0 Å². The van der Waals surface area contributed by atoms with Crippen molar-refractivity contribution in [2.45, 2.75) is 12.8 Å². The number of halogens is 2. The van der Waals surface area contributed by atoms with E-state index in [9.17, 15) is 8.42 Å². The second-order valence-corrected chi connectivity index (χ2v) is 6.97. The quantitative estimate of drug-likeness (QED) is 0.796. The van der Waals surface area contributed by atoms with Gasteiger partial charge in [0.1, 0.15) is 0 Å². The molecule has 1 aliphatic heterocycles. The maximum Gasteiger partial charge on any atom is 0.235 e. The van der Waals surface area contributed by atoms with E-state index in [1.807, 2.05) is 0 Å². The van der Waals surface area contributed by atoms with E-state index in [1.165, 1.54) is 4.31 Å². The summed E-state index contributed by atoms with van der Waals surface area (Å²) in [5.41, 5.74) is 0.646. The summed E-state index contributed by atoms with van der Waals surface area (Å²) >= 11 is 9.24. The average Bonchev–Trinajstić information content (AvgIpc) is 2.22. The summed E-state index contributed by atoms with van der Waals surface area (Å²) < 4.78 is 25.9. The first kappa shape index (κ1) is 12.2. The maximum atomic E-state index is 11.8. The SMILES string of the molecule is O=S1(=O)CCCCN1c1ccc(Br)c(Cl)c1. The first-order valence-corrected chi connectivity index (χ1v) is 7.74. The summed E-state index contributed by atoms with van der Waals surface area (Å²) in [6, 6.07) is 5.20. The molecule has 0 aromatic heterocycles. The third-order valence-electron chi connectivity index (χ3n) is 2.54. The number of rotatable bonds is 1. The smallest absolute Gasteiger partial charge is 0.235 e. The Morgan fingerprint density at radius 1 is 1.31 bits per heavy atom. The van der Waals surface area contributed by atoms with Crippen molar-refractivity contribution in [1.29, 1.82) is 0 Å². The van der Waals surface area contributed by atoms with E-state index in [0.29, 0.717) is 17.3 Å². The zero-order valence-electron chi connectivity index (χ0n) is 8.49. The van der Waals surface area contributed by atoms with Gasteiger partial charge in [0.15, 0.2) is 0 Å². The summed E-state index contributed by atoms with van der Waals surface area (Å²) in [6.45, 7) is 0.542. The Balaban J connectivity index is 2.39. The van der Waals surface area contributed by atoms with Gasteiger partial charge in [0.25, 0.3) is 0 Å². The van der Waals surface area contributed by atoms with Gasteiger partial charge in [0.05, 0.1) is 16.5 Å². The van der Waals surface area contributed by atoms with E-state index in [1.54, 1.807) is 18.2 Å². The van der Waals surface area contributed by atoms with E-state index >= 15 is 0 Å². The van der Waals surface area contributed by atoms with Gasteiger partial charge in [-0.05, 0) is 47.0 Å². The van der Waals surface area contributed by atoms with Crippen LogP contribution in [-0.2, 0) is 10.0 Å². The summed E-state index contributed by atoms with van der Waals surface area (Å²) in [6.07, 6.45) is 1.63. The third-order valence-corrected chi connectivity index (χ3v) is 5.64. The van der Waals surface area contributed by atoms with Gasteiger partial charge in [-0.2, -0.15) is 0 Å². The summed E-state index contributed by atoms with van der Waals surface area (Å²) in [7, 11) is -3.15. The van der Waals surface area contributed by atoms with Crippen LogP contribution >= 0.6 is 27.5 Å². The summed E-state index contributed by atoms with van der Waals surface area (Å²) in [5, 5.41) is 0.526. The molecule has 0 bridgehead atoms. The van der Waals surface area contributed by atoms with E-state index in [2.05, 4.69) is 15.9 Å². The van der Waals surface area contributed by atoms with Crippen LogP contribution < -0.4 is 4.31 Å². The average molecular weight is 325 g/mol. The largest absolute Gasteiger partial charge is 0.270 e. The number of nitrogens with zero attached hydrogens (tertiary/aromatic N) is 1. The van der Waals surface area contributed by atoms with Gasteiger partial charge in [0.2, 0.25) is 10.0 Å². The molecule has 3 nitrogen and oxygen atoms in total. The molecule has 1 aromatic rings. The lowest BCUT2D eigenvalue weighted by Crippen LogP contribution is -2.37. The second-order valence-electron chi connectivity index (χ2n) is 3.69. The highest BCUT2D eigenvalue weighted by Gasteiger charge is 2.26. The molecule has 0 aliphatic carbocycles. The highest BCUT2D eigenvalue weighted by atomic mass is 79.9. The zero-order valence-corrected chi connectivity index (χ0v) is 11.6. The van der Waals surface area contributed by atoms with Crippen molar-refractivity contribution in [1.82, 2.24) is 0 Å². The van der Waals surface area contributed by atoms with Gasteiger partial charge < -0.3 is 0 Å². The molecule has 0 unspecified atom stereocenters. The maximum absolute atomic E-state index is 11.8. The van der Waals surface area contributed by atoms with Gasteiger partial charge in [-0.25, -0.2) is 8.42 Å². The Kier molecular flexibility index (Phi) is 3.47. The van der Waals surface area contributed by atoms with Crippen molar-refractivity contribution in [3.05, 3.63) is 27.7 Å². The fourth-order valence-electron chi connectivity index (χ4n) is 1.72. The molecule has 16 heavy (non-hydrogen) atoms. The molecule has 1 heterocycles. The lowest BCUT2D eigenvalue weighted by molar-refractivity contribution is 0.574. The molecule has 2 rings (SSSR count). The molecule has 6 heteroatoms. The van der Waals surface area contributed by atoms with Crippen LogP contribution in [0.2, 0.25) is 5.02 Å². The topological polar surface area (TPSA) is 37.4 Å². The van der Waals surface area contributed by atoms with Crippen LogP contribution in [0, 0.1) is 0 Å². The van der Waals surface area contributed by atoms with Crippen molar-refractivity contribution < 1.29 is 8.42 Å². The molecular formula is C10H11BrClNO2S. The van der Waals surface area contributed by atoms with Crippen LogP contribution in [0.15, 0.2) is 22.7 Å². The Bertz CT molecular complexity index is 504. The normalized spacial score (nSPS) is 19.8. The van der Waals surface area contributed by atoms with E-state index in [-0.39, 0.29) is 5.75 Å². The summed E-state index contributed by atoms with van der Waals surface area (Å²) in [5.74, 6) is 0.223. The molecule has 0 radical (unpaired) electrons. The number of benzene rings is 1. The van der Waals surface area contributed by atoms with E-state index < -0.39 is 10.0 Å². The number of hydrogen-bond donors (Lipinski definition) is 0. The predicted molar refractivity (Wildman–Crippen MR) is 69.5 cm³/mol. The van der Waals surface area contributed by atoms with Crippen molar-refractivity contribution in [2.75, 3.05) is 16.6 Å². The van der Waals surface area contributed by atoms with Crippen LogP contribution in [0.3, 0.4) is 0 Å². The molecule has 0 amide bonds.